The lowest BCUT2D eigenvalue weighted by Crippen LogP contribution is -2.32. The van der Waals surface area contributed by atoms with Crippen molar-refractivity contribution in [1.29, 1.82) is 0 Å². The predicted octanol–water partition coefficient (Wildman–Crippen LogP) is 3.17. The molecule has 122 valence electrons. The monoisotopic (exact) mass is 322 g/mol. The standard InChI is InChI=1S/C16H16F2N2O3/c1-22-12-4-2-11(3-5-12)20-16(21)19-8-9-23-13-6-7-14(17)15(18)10-13/h2-7,10H,8-9H2,1H3,(H2,19,20,21). The SMILES string of the molecule is COc1ccc(NC(=O)NCCOc2ccc(F)c(F)c2)cc1. The van der Waals surface area contributed by atoms with Gasteiger partial charge in [-0.05, 0) is 36.4 Å². The topological polar surface area (TPSA) is 59.6 Å². The summed E-state index contributed by atoms with van der Waals surface area (Å²) in [5.74, 6) is -1.03. The minimum Gasteiger partial charge on any atom is -0.497 e. The molecule has 2 amide bonds. The van der Waals surface area contributed by atoms with Crippen LogP contribution in [0.1, 0.15) is 0 Å². The summed E-state index contributed by atoms with van der Waals surface area (Å²) in [5.41, 5.74) is 0.616. The molecule has 7 heteroatoms. The second kappa shape index (κ2) is 7.98. The molecule has 0 saturated carbocycles. The average Bonchev–Trinajstić information content (AvgIpc) is 2.55. The van der Waals surface area contributed by atoms with Crippen LogP contribution >= 0.6 is 0 Å². The van der Waals surface area contributed by atoms with Gasteiger partial charge in [-0.2, -0.15) is 0 Å². The molecule has 2 aromatic rings. The molecule has 2 aromatic carbocycles. The molecule has 0 saturated heterocycles. The summed E-state index contributed by atoms with van der Waals surface area (Å²) in [6.07, 6.45) is 0. The number of halogens is 2. The molecule has 0 atom stereocenters. The highest BCUT2D eigenvalue weighted by Crippen LogP contribution is 2.15. The fraction of sp³-hybridized carbons (Fsp3) is 0.188. The first-order valence-electron chi connectivity index (χ1n) is 6.85. The van der Waals surface area contributed by atoms with Gasteiger partial charge in [-0.3, -0.25) is 0 Å². The second-order valence-electron chi connectivity index (χ2n) is 4.53. The molecule has 0 aliphatic heterocycles. The van der Waals surface area contributed by atoms with Crippen molar-refractivity contribution in [1.82, 2.24) is 5.32 Å². The molecule has 0 aliphatic rings. The number of amides is 2. The van der Waals surface area contributed by atoms with Crippen molar-refractivity contribution in [3.05, 3.63) is 54.1 Å². The van der Waals surface area contributed by atoms with Crippen LogP contribution in [0.4, 0.5) is 19.3 Å². The first-order chi connectivity index (χ1) is 11.1. The van der Waals surface area contributed by atoms with E-state index in [1.807, 2.05) is 0 Å². The lowest BCUT2D eigenvalue weighted by Gasteiger charge is -2.09. The van der Waals surface area contributed by atoms with Gasteiger partial charge in [0.05, 0.1) is 13.7 Å². The molecule has 0 fully saturated rings. The molecular formula is C16H16F2N2O3. The van der Waals surface area contributed by atoms with Crippen LogP contribution in [0.5, 0.6) is 11.5 Å². The fourth-order valence-electron chi connectivity index (χ4n) is 1.75. The molecule has 0 unspecified atom stereocenters. The fourth-order valence-corrected chi connectivity index (χ4v) is 1.75. The summed E-state index contributed by atoms with van der Waals surface area (Å²) in [6.45, 7) is 0.335. The number of benzene rings is 2. The van der Waals surface area contributed by atoms with E-state index in [1.165, 1.54) is 6.07 Å². The maximum Gasteiger partial charge on any atom is 0.319 e. The highest BCUT2D eigenvalue weighted by atomic mass is 19.2. The van der Waals surface area contributed by atoms with Gasteiger partial charge in [-0.1, -0.05) is 0 Å². The number of methoxy groups -OCH3 is 1. The van der Waals surface area contributed by atoms with Crippen LogP contribution in [-0.4, -0.2) is 26.3 Å². The van der Waals surface area contributed by atoms with Crippen molar-refractivity contribution in [3.63, 3.8) is 0 Å². The first-order valence-corrected chi connectivity index (χ1v) is 6.85. The highest BCUT2D eigenvalue weighted by Gasteiger charge is 2.04. The van der Waals surface area contributed by atoms with Gasteiger partial charge in [0.25, 0.3) is 0 Å². The number of carbonyl (C=O) groups excluding carboxylic acids is 1. The van der Waals surface area contributed by atoms with Crippen molar-refractivity contribution in [2.75, 3.05) is 25.6 Å². The third kappa shape index (κ3) is 5.14. The largest absolute Gasteiger partial charge is 0.497 e. The van der Waals surface area contributed by atoms with Gasteiger partial charge in [0.1, 0.15) is 18.1 Å². The Labute approximate surface area is 132 Å². The molecule has 2 rings (SSSR count). The van der Waals surface area contributed by atoms with E-state index in [1.54, 1.807) is 31.4 Å². The van der Waals surface area contributed by atoms with Crippen LogP contribution in [-0.2, 0) is 0 Å². The van der Waals surface area contributed by atoms with E-state index < -0.39 is 17.7 Å². The van der Waals surface area contributed by atoms with Crippen molar-refractivity contribution in [2.45, 2.75) is 0 Å². The molecule has 0 bridgehead atoms. The molecule has 2 N–H and O–H groups in total. The lowest BCUT2D eigenvalue weighted by atomic mass is 10.3. The number of carbonyl (C=O) groups is 1. The number of urea groups is 1. The second-order valence-corrected chi connectivity index (χ2v) is 4.53. The Morgan fingerprint density at radius 3 is 2.39 bits per heavy atom. The molecule has 23 heavy (non-hydrogen) atoms. The van der Waals surface area contributed by atoms with Gasteiger partial charge in [0, 0.05) is 11.8 Å². The van der Waals surface area contributed by atoms with Gasteiger partial charge in [-0.25, -0.2) is 13.6 Å². The van der Waals surface area contributed by atoms with E-state index in [9.17, 15) is 13.6 Å². The summed E-state index contributed by atoms with van der Waals surface area (Å²) in [7, 11) is 1.56. The molecule has 5 nitrogen and oxygen atoms in total. The summed E-state index contributed by atoms with van der Waals surface area (Å²) in [4.78, 5) is 11.7. The Morgan fingerprint density at radius 2 is 1.74 bits per heavy atom. The summed E-state index contributed by atoms with van der Waals surface area (Å²) in [6, 6.07) is 9.71. The van der Waals surface area contributed by atoms with Crippen LogP contribution in [0.2, 0.25) is 0 Å². The Hall–Kier alpha value is -2.83. The van der Waals surface area contributed by atoms with Crippen molar-refractivity contribution in [3.8, 4) is 11.5 Å². The summed E-state index contributed by atoms with van der Waals surface area (Å²) in [5, 5.41) is 5.22. The van der Waals surface area contributed by atoms with E-state index in [4.69, 9.17) is 9.47 Å². The average molecular weight is 322 g/mol. The third-order valence-electron chi connectivity index (χ3n) is 2.90. The van der Waals surface area contributed by atoms with Crippen LogP contribution in [0.3, 0.4) is 0 Å². The van der Waals surface area contributed by atoms with Gasteiger partial charge in [0.15, 0.2) is 11.6 Å². The summed E-state index contributed by atoms with van der Waals surface area (Å²) < 4.78 is 35.9. The highest BCUT2D eigenvalue weighted by molar-refractivity contribution is 5.89. The Kier molecular flexibility index (Phi) is 5.74. The number of nitrogens with one attached hydrogen (secondary N) is 2. The Bertz CT molecular complexity index is 663. The van der Waals surface area contributed by atoms with Crippen molar-refractivity contribution < 1.29 is 23.0 Å². The van der Waals surface area contributed by atoms with Crippen LogP contribution < -0.4 is 20.1 Å². The minimum atomic E-state index is -0.979. The van der Waals surface area contributed by atoms with Gasteiger partial charge < -0.3 is 20.1 Å². The molecule has 0 aliphatic carbocycles. The van der Waals surface area contributed by atoms with Crippen molar-refractivity contribution in [2.24, 2.45) is 0 Å². The number of ether oxygens (including phenoxy) is 2. The van der Waals surface area contributed by atoms with Gasteiger partial charge in [-0.15, -0.1) is 0 Å². The molecular weight excluding hydrogens is 306 g/mol. The van der Waals surface area contributed by atoms with Crippen LogP contribution in [0, 0.1) is 11.6 Å². The maximum atomic E-state index is 13.0. The zero-order chi connectivity index (χ0) is 16.7. The number of anilines is 1. The Balaban J connectivity index is 1.70. The van der Waals surface area contributed by atoms with E-state index in [2.05, 4.69) is 10.6 Å². The van der Waals surface area contributed by atoms with E-state index in [0.717, 1.165) is 12.1 Å². The lowest BCUT2D eigenvalue weighted by molar-refractivity contribution is 0.247. The smallest absolute Gasteiger partial charge is 0.319 e. The number of rotatable bonds is 6. The Morgan fingerprint density at radius 1 is 1.04 bits per heavy atom. The molecule has 0 radical (unpaired) electrons. The van der Waals surface area contributed by atoms with Crippen LogP contribution in [0.25, 0.3) is 0 Å². The maximum absolute atomic E-state index is 13.0. The quantitative estimate of drug-likeness (QED) is 0.803. The van der Waals surface area contributed by atoms with Crippen molar-refractivity contribution >= 4 is 11.7 Å². The normalized spacial score (nSPS) is 10.0. The number of hydrogen-bond acceptors (Lipinski definition) is 3. The van der Waals surface area contributed by atoms with Gasteiger partial charge >= 0.3 is 6.03 Å². The first kappa shape index (κ1) is 16.5. The molecule has 0 spiro atoms. The van der Waals surface area contributed by atoms with E-state index in [-0.39, 0.29) is 18.9 Å². The zero-order valence-electron chi connectivity index (χ0n) is 12.4. The molecule has 0 aromatic heterocycles. The van der Waals surface area contributed by atoms with Gasteiger partial charge in [0.2, 0.25) is 0 Å². The third-order valence-corrected chi connectivity index (χ3v) is 2.90. The molecule has 0 heterocycles. The summed E-state index contributed by atoms with van der Waals surface area (Å²) >= 11 is 0. The zero-order valence-corrected chi connectivity index (χ0v) is 12.4. The van der Waals surface area contributed by atoms with Crippen LogP contribution in [0.15, 0.2) is 42.5 Å². The minimum absolute atomic E-state index is 0.126. The predicted molar refractivity (Wildman–Crippen MR) is 81.9 cm³/mol. The van der Waals surface area contributed by atoms with E-state index in [0.29, 0.717) is 11.4 Å². The van der Waals surface area contributed by atoms with E-state index >= 15 is 0 Å². The number of hydrogen-bond donors (Lipinski definition) is 2.